The van der Waals surface area contributed by atoms with Crippen molar-refractivity contribution in [1.82, 2.24) is 4.57 Å². The minimum Gasteiger partial charge on any atom is -0.311 e. The summed E-state index contributed by atoms with van der Waals surface area (Å²) in [5, 5.41) is 7.36. The third-order valence-corrected chi connectivity index (χ3v) is 14.0. The zero-order valence-corrected chi connectivity index (χ0v) is 36.5. The Morgan fingerprint density at radius 2 is 0.806 bits per heavy atom. The van der Waals surface area contributed by atoms with Crippen molar-refractivity contribution in [2.75, 3.05) is 14.7 Å². The molecule has 0 radical (unpaired) electrons. The van der Waals surface area contributed by atoms with E-state index >= 15 is 0 Å². The van der Waals surface area contributed by atoms with Crippen LogP contribution in [-0.4, -0.2) is 11.3 Å². The van der Waals surface area contributed by atoms with Crippen molar-refractivity contribution >= 4 is 118 Å². The molecule has 0 spiro atoms. The number of aromatic nitrogens is 1. The van der Waals surface area contributed by atoms with Crippen LogP contribution in [0.15, 0.2) is 249 Å². The molecule has 2 aliphatic rings. The fourth-order valence-corrected chi connectivity index (χ4v) is 11.2. The fourth-order valence-electron chi connectivity index (χ4n) is 11.2. The molecule has 0 saturated carbocycles. The first-order valence-corrected chi connectivity index (χ1v) is 23.1. The highest BCUT2D eigenvalue weighted by Gasteiger charge is 2.44. The predicted molar refractivity (Wildman–Crippen MR) is 284 cm³/mol. The molecule has 1 aromatic heterocycles. The number of fused-ring (bicyclic) bond motifs is 9. The minimum absolute atomic E-state index is 0.0700. The van der Waals surface area contributed by atoms with E-state index in [0.717, 1.165) is 45.5 Å². The van der Waals surface area contributed by atoms with Crippen LogP contribution >= 0.6 is 0 Å². The van der Waals surface area contributed by atoms with E-state index in [-0.39, 0.29) is 6.71 Å². The lowest BCUT2D eigenvalue weighted by Crippen LogP contribution is -2.61. The Hall–Kier alpha value is -8.80. The molecular weight excluding hydrogens is 812 g/mol. The lowest BCUT2D eigenvalue weighted by molar-refractivity contribution is 1.16. The van der Waals surface area contributed by atoms with Gasteiger partial charge in [0.15, 0.2) is 0 Å². The van der Waals surface area contributed by atoms with Crippen LogP contribution in [0.1, 0.15) is 0 Å². The van der Waals surface area contributed by atoms with E-state index in [4.69, 9.17) is 0 Å². The zero-order valence-electron chi connectivity index (χ0n) is 36.5. The van der Waals surface area contributed by atoms with Gasteiger partial charge >= 0.3 is 0 Å². The Balaban J connectivity index is 1.12. The average molecular weight is 853 g/mol. The maximum absolute atomic E-state index is 2.55. The van der Waals surface area contributed by atoms with Crippen LogP contribution in [0.25, 0.3) is 49.0 Å². The molecule has 2 aliphatic heterocycles. The van der Waals surface area contributed by atoms with Gasteiger partial charge in [-0.3, -0.25) is 0 Å². The maximum atomic E-state index is 2.55. The smallest absolute Gasteiger partial charge is 0.252 e. The normalized spacial score (nSPS) is 12.7. The second-order valence-electron chi connectivity index (χ2n) is 17.7. The van der Waals surface area contributed by atoms with Gasteiger partial charge in [-0.2, -0.15) is 0 Å². The summed E-state index contributed by atoms with van der Waals surface area (Å²) in [6.07, 6.45) is 0. The van der Waals surface area contributed by atoms with Crippen LogP contribution in [-0.2, 0) is 0 Å². The molecule has 312 valence electrons. The molecule has 67 heavy (non-hydrogen) atoms. The summed E-state index contributed by atoms with van der Waals surface area (Å²) in [5.41, 5.74) is 17.5. The van der Waals surface area contributed by atoms with Gasteiger partial charge in [-0.1, -0.05) is 158 Å². The highest BCUT2D eigenvalue weighted by atomic mass is 15.2. The average Bonchev–Trinajstić information content (AvgIpc) is 3.73. The topological polar surface area (TPSA) is 14.7 Å². The standard InChI is InChI=1S/C62H41BN4/c1-4-22-46(23-5-1)64(47-24-6-2-7-25-47)50-34-35-54-59(39-50)65(48-26-8-3-9-27-48)60-40-51(67-56-30-16-14-28-52(56)53-29-15-17-31-57(53)67)41-61-62(60)63(54)55-37-44-20-12-13-21-45(44)38-58(55)66(61)49-33-32-42-18-10-11-19-43(42)36-49/h1-41H. The molecule has 0 atom stereocenters. The Kier molecular flexibility index (Phi) is 8.34. The first-order chi connectivity index (χ1) is 33.2. The van der Waals surface area contributed by atoms with E-state index in [9.17, 15) is 0 Å². The maximum Gasteiger partial charge on any atom is 0.252 e. The quantitative estimate of drug-likeness (QED) is 0.155. The first kappa shape index (κ1) is 37.6. The van der Waals surface area contributed by atoms with Crippen LogP contribution in [0.3, 0.4) is 0 Å². The molecule has 0 unspecified atom stereocenters. The highest BCUT2D eigenvalue weighted by molar-refractivity contribution is 7.00. The molecule has 4 nitrogen and oxygen atoms in total. The molecule has 5 heteroatoms. The lowest BCUT2D eigenvalue weighted by atomic mass is 9.33. The molecule has 0 amide bonds. The van der Waals surface area contributed by atoms with Gasteiger partial charge in [0, 0.05) is 62.0 Å². The summed E-state index contributed by atoms with van der Waals surface area (Å²) in [6, 6.07) is 91.6. The summed E-state index contributed by atoms with van der Waals surface area (Å²) in [7, 11) is 0. The van der Waals surface area contributed by atoms with Crippen LogP contribution in [0.4, 0.5) is 51.2 Å². The largest absolute Gasteiger partial charge is 0.311 e. The van der Waals surface area contributed by atoms with Crippen molar-refractivity contribution < 1.29 is 0 Å². The molecule has 0 saturated heterocycles. The van der Waals surface area contributed by atoms with E-state index in [1.807, 2.05) is 0 Å². The number of benzene rings is 11. The van der Waals surface area contributed by atoms with Crippen molar-refractivity contribution in [3.05, 3.63) is 249 Å². The fraction of sp³-hybridized carbons (Fsp3) is 0. The van der Waals surface area contributed by atoms with Crippen molar-refractivity contribution in [3.8, 4) is 5.69 Å². The van der Waals surface area contributed by atoms with E-state index in [0.29, 0.717) is 0 Å². The molecule has 0 N–H and O–H groups in total. The highest BCUT2D eigenvalue weighted by Crippen LogP contribution is 2.48. The number of hydrogen-bond donors (Lipinski definition) is 0. The Bertz CT molecular complexity index is 3810. The van der Waals surface area contributed by atoms with Crippen LogP contribution < -0.4 is 31.1 Å². The second kappa shape index (κ2) is 14.9. The van der Waals surface area contributed by atoms with E-state index in [2.05, 4.69) is 268 Å². The van der Waals surface area contributed by atoms with Crippen molar-refractivity contribution in [2.45, 2.75) is 0 Å². The third-order valence-electron chi connectivity index (χ3n) is 14.0. The third kappa shape index (κ3) is 5.81. The molecule has 0 fully saturated rings. The van der Waals surface area contributed by atoms with Gasteiger partial charge in [-0.25, -0.2) is 0 Å². The zero-order chi connectivity index (χ0) is 44.0. The van der Waals surface area contributed by atoms with Crippen molar-refractivity contribution in [2.24, 2.45) is 0 Å². The first-order valence-electron chi connectivity index (χ1n) is 23.1. The second-order valence-corrected chi connectivity index (χ2v) is 17.7. The van der Waals surface area contributed by atoms with Gasteiger partial charge in [-0.15, -0.1) is 0 Å². The van der Waals surface area contributed by atoms with Crippen molar-refractivity contribution in [1.29, 1.82) is 0 Å². The molecule has 12 aromatic rings. The number of rotatable bonds is 6. The van der Waals surface area contributed by atoms with Gasteiger partial charge in [0.1, 0.15) is 0 Å². The van der Waals surface area contributed by atoms with Crippen LogP contribution in [0.5, 0.6) is 0 Å². The minimum atomic E-state index is -0.0700. The van der Waals surface area contributed by atoms with Gasteiger partial charge < -0.3 is 19.3 Å². The lowest BCUT2D eigenvalue weighted by Gasteiger charge is -2.45. The van der Waals surface area contributed by atoms with E-state index in [1.165, 1.54) is 71.1 Å². The Morgan fingerprint density at radius 3 is 1.45 bits per heavy atom. The summed E-state index contributed by atoms with van der Waals surface area (Å²) >= 11 is 0. The van der Waals surface area contributed by atoms with Gasteiger partial charge in [0.05, 0.1) is 16.7 Å². The molecule has 11 aromatic carbocycles. The molecule has 14 rings (SSSR count). The van der Waals surface area contributed by atoms with E-state index in [1.54, 1.807) is 0 Å². The van der Waals surface area contributed by atoms with Gasteiger partial charge in [-0.05, 0) is 129 Å². The Labute approximate surface area is 389 Å². The molecular formula is C62H41BN4. The monoisotopic (exact) mass is 852 g/mol. The Morgan fingerprint density at radius 1 is 0.299 bits per heavy atom. The number of hydrogen-bond acceptors (Lipinski definition) is 3. The predicted octanol–water partition coefficient (Wildman–Crippen LogP) is 14.6. The van der Waals surface area contributed by atoms with Crippen molar-refractivity contribution in [3.63, 3.8) is 0 Å². The molecule has 0 bridgehead atoms. The summed E-state index contributed by atoms with van der Waals surface area (Å²) < 4.78 is 2.48. The number of para-hydroxylation sites is 5. The summed E-state index contributed by atoms with van der Waals surface area (Å²) in [6.45, 7) is -0.0700. The number of nitrogens with zero attached hydrogens (tertiary/aromatic N) is 4. The molecule has 3 heterocycles. The van der Waals surface area contributed by atoms with Crippen LogP contribution in [0.2, 0.25) is 0 Å². The van der Waals surface area contributed by atoms with Gasteiger partial charge in [0.25, 0.3) is 6.71 Å². The molecule has 0 aliphatic carbocycles. The van der Waals surface area contributed by atoms with E-state index < -0.39 is 0 Å². The van der Waals surface area contributed by atoms with Crippen LogP contribution in [0, 0.1) is 0 Å². The SMILES string of the molecule is c1ccc(N(c2ccccc2)c2ccc3c(c2)N(c2ccccc2)c2cc(-n4c5ccccc5c5ccccc54)cc4c2B3c2cc3ccccc3cc2N4c2ccc3ccccc3c2)cc1. The number of anilines is 9. The summed E-state index contributed by atoms with van der Waals surface area (Å²) in [5.74, 6) is 0. The summed E-state index contributed by atoms with van der Waals surface area (Å²) in [4.78, 5) is 7.46. The van der Waals surface area contributed by atoms with Gasteiger partial charge in [0.2, 0.25) is 0 Å².